The number of rotatable bonds is 3. The van der Waals surface area contributed by atoms with Crippen molar-refractivity contribution in [2.75, 3.05) is 6.54 Å². The number of nitrogens with one attached hydrogen (secondary N) is 1. The van der Waals surface area contributed by atoms with Crippen molar-refractivity contribution in [1.82, 2.24) is 5.32 Å². The molecule has 0 aromatic heterocycles. The molecule has 0 aliphatic heterocycles. The largest absolute Gasteiger partial charge is 0.299 e. The number of nitriles is 1. The van der Waals surface area contributed by atoms with Crippen LogP contribution in [0.5, 0.6) is 0 Å². The third-order valence-electron chi connectivity index (χ3n) is 1.68. The van der Waals surface area contributed by atoms with Crippen molar-refractivity contribution in [3.8, 4) is 6.07 Å². The summed E-state index contributed by atoms with van der Waals surface area (Å²) in [6, 6.07) is 2.28. The molecule has 9 heavy (non-hydrogen) atoms. The molecule has 0 aromatic carbocycles. The average Bonchev–Trinajstić information content (AvgIpc) is 2.65. The molecule has 1 saturated carbocycles. The third kappa shape index (κ3) is 1.43. The van der Waals surface area contributed by atoms with E-state index in [4.69, 9.17) is 5.26 Å². The Bertz CT molecular complexity index is 130. The monoisotopic (exact) mass is 124 g/mol. The van der Waals surface area contributed by atoms with Crippen molar-refractivity contribution in [3.63, 3.8) is 0 Å². The first kappa shape index (κ1) is 6.57. The van der Waals surface area contributed by atoms with Gasteiger partial charge in [-0.3, -0.25) is 5.32 Å². The van der Waals surface area contributed by atoms with Crippen LogP contribution in [0, 0.1) is 11.3 Å². The molecule has 2 heteroatoms. The van der Waals surface area contributed by atoms with Crippen LogP contribution >= 0.6 is 0 Å². The zero-order valence-corrected chi connectivity index (χ0v) is 5.78. The van der Waals surface area contributed by atoms with E-state index in [1.54, 1.807) is 0 Å². The maximum Gasteiger partial charge on any atom is 0.106 e. The Morgan fingerprint density at radius 1 is 1.67 bits per heavy atom. The molecule has 1 aliphatic rings. The van der Waals surface area contributed by atoms with Crippen molar-refractivity contribution >= 4 is 0 Å². The van der Waals surface area contributed by atoms with Crippen molar-refractivity contribution in [3.05, 3.63) is 0 Å². The lowest BCUT2D eigenvalue weighted by Crippen LogP contribution is -2.29. The molecule has 0 amide bonds. The van der Waals surface area contributed by atoms with Gasteiger partial charge in [0.1, 0.15) is 5.54 Å². The van der Waals surface area contributed by atoms with Gasteiger partial charge in [-0.2, -0.15) is 5.26 Å². The summed E-state index contributed by atoms with van der Waals surface area (Å²) in [5.74, 6) is 0. The summed E-state index contributed by atoms with van der Waals surface area (Å²) >= 11 is 0. The third-order valence-corrected chi connectivity index (χ3v) is 1.68. The Kier molecular flexibility index (Phi) is 1.73. The minimum Gasteiger partial charge on any atom is -0.299 e. The SMILES string of the molecule is CCCNC1(C#N)CC1. The number of hydrogen-bond donors (Lipinski definition) is 1. The van der Waals surface area contributed by atoms with Gasteiger partial charge < -0.3 is 0 Å². The van der Waals surface area contributed by atoms with Crippen LogP contribution in [0.2, 0.25) is 0 Å². The Hall–Kier alpha value is -0.550. The maximum absolute atomic E-state index is 8.57. The van der Waals surface area contributed by atoms with E-state index >= 15 is 0 Å². The van der Waals surface area contributed by atoms with Gasteiger partial charge in [0.05, 0.1) is 6.07 Å². The normalized spacial score (nSPS) is 20.9. The average molecular weight is 124 g/mol. The van der Waals surface area contributed by atoms with Gasteiger partial charge in [0.2, 0.25) is 0 Å². The number of hydrogen-bond acceptors (Lipinski definition) is 2. The quantitative estimate of drug-likeness (QED) is 0.610. The van der Waals surface area contributed by atoms with Crippen LogP contribution in [0.4, 0.5) is 0 Å². The fourth-order valence-corrected chi connectivity index (χ4v) is 0.817. The second-order valence-corrected chi connectivity index (χ2v) is 2.62. The van der Waals surface area contributed by atoms with Crippen molar-refractivity contribution < 1.29 is 0 Å². The van der Waals surface area contributed by atoms with Crippen LogP contribution in [0.3, 0.4) is 0 Å². The minimum atomic E-state index is -0.101. The van der Waals surface area contributed by atoms with Gasteiger partial charge in [-0.05, 0) is 25.8 Å². The Labute approximate surface area is 55.9 Å². The molecule has 1 fully saturated rings. The highest BCUT2D eigenvalue weighted by molar-refractivity contribution is 5.17. The van der Waals surface area contributed by atoms with E-state index in [0.29, 0.717) is 0 Å². The first-order valence-electron chi connectivity index (χ1n) is 3.49. The van der Waals surface area contributed by atoms with E-state index in [2.05, 4.69) is 18.3 Å². The molecule has 0 bridgehead atoms. The van der Waals surface area contributed by atoms with Crippen LogP contribution in [0.1, 0.15) is 26.2 Å². The second-order valence-electron chi connectivity index (χ2n) is 2.62. The van der Waals surface area contributed by atoms with Gasteiger partial charge in [-0.25, -0.2) is 0 Å². The van der Waals surface area contributed by atoms with Crippen molar-refractivity contribution in [2.45, 2.75) is 31.7 Å². The first-order chi connectivity index (χ1) is 4.33. The molecule has 0 radical (unpaired) electrons. The molecule has 1 aliphatic carbocycles. The van der Waals surface area contributed by atoms with E-state index in [1.165, 1.54) is 0 Å². The molecule has 0 heterocycles. The highest BCUT2D eigenvalue weighted by Crippen LogP contribution is 2.33. The summed E-state index contributed by atoms with van der Waals surface area (Å²) in [5, 5.41) is 11.8. The summed E-state index contributed by atoms with van der Waals surface area (Å²) in [7, 11) is 0. The fraction of sp³-hybridized carbons (Fsp3) is 0.857. The lowest BCUT2D eigenvalue weighted by Gasteiger charge is -2.05. The predicted octanol–water partition coefficient (Wildman–Crippen LogP) is 1.04. The van der Waals surface area contributed by atoms with Gasteiger partial charge in [0.25, 0.3) is 0 Å². The summed E-state index contributed by atoms with van der Waals surface area (Å²) in [4.78, 5) is 0. The van der Waals surface area contributed by atoms with Gasteiger partial charge in [0.15, 0.2) is 0 Å². The van der Waals surface area contributed by atoms with E-state index in [0.717, 1.165) is 25.8 Å². The molecule has 0 atom stereocenters. The molecular weight excluding hydrogens is 112 g/mol. The van der Waals surface area contributed by atoms with Crippen LogP contribution < -0.4 is 5.32 Å². The molecular formula is C7H12N2. The molecule has 0 spiro atoms. The lowest BCUT2D eigenvalue weighted by atomic mass is 10.3. The molecule has 1 N–H and O–H groups in total. The first-order valence-corrected chi connectivity index (χ1v) is 3.49. The smallest absolute Gasteiger partial charge is 0.106 e. The molecule has 0 aromatic rings. The van der Waals surface area contributed by atoms with Crippen molar-refractivity contribution in [1.29, 1.82) is 5.26 Å². The van der Waals surface area contributed by atoms with E-state index < -0.39 is 0 Å². The second kappa shape index (κ2) is 2.36. The Morgan fingerprint density at radius 3 is 2.67 bits per heavy atom. The molecule has 0 saturated heterocycles. The maximum atomic E-state index is 8.57. The van der Waals surface area contributed by atoms with Crippen LogP contribution in [0.15, 0.2) is 0 Å². The van der Waals surface area contributed by atoms with E-state index in [1.807, 2.05) is 0 Å². The van der Waals surface area contributed by atoms with Gasteiger partial charge in [-0.1, -0.05) is 6.92 Å². The van der Waals surface area contributed by atoms with E-state index in [9.17, 15) is 0 Å². The van der Waals surface area contributed by atoms with Gasteiger partial charge in [-0.15, -0.1) is 0 Å². The summed E-state index contributed by atoms with van der Waals surface area (Å²) < 4.78 is 0. The van der Waals surface area contributed by atoms with Crippen molar-refractivity contribution in [2.24, 2.45) is 0 Å². The van der Waals surface area contributed by atoms with Crippen LogP contribution in [-0.4, -0.2) is 12.1 Å². The lowest BCUT2D eigenvalue weighted by molar-refractivity contribution is 0.591. The Balaban J connectivity index is 2.20. The number of nitrogens with zero attached hydrogens (tertiary/aromatic N) is 1. The molecule has 1 rings (SSSR count). The van der Waals surface area contributed by atoms with Crippen LogP contribution in [0.25, 0.3) is 0 Å². The van der Waals surface area contributed by atoms with Crippen LogP contribution in [-0.2, 0) is 0 Å². The molecule has 50 valence electrons. The predicted molar refractivity (Wildman–Crippen MR) is 35.9 cm³/mol. The highest BCUT2D eigenvalue weighted by Gasteiger charge is 2.42. The van der Waals surface area contributed by atoms with E-state index in [-0.39, 0.29) is 5.54 Å². The minimum absolute atomic E-state index is 0.101. The summed E-state index contributed by atoms with van der Waals surface area (Å²) in [5.41, 5.74) is -0.101. The molecule has 0 unspecified atom stereocenters. The van der Waals surface area contributed by atoms with Gasteiger partial charge >= 0.3 is 0 Å². The molecule has 2 nitrogen and oxygen atoms in total. The summed E-state index contributed by atoms with van der Waals surface area (Å²) in [6.45, 7) is 3.09. The summed E-state index contributed by atoms with van der Waals surface area (Å²) in [6.07, 6.45) is 3.20. The zero-order valence-electron chi connectivity index (χ0n) is 5.78. The Morgan fingerprint density at radius 2 is 2.33 bits per heavy atom. The van der Waals surface area contributed by atoms with Gasteiger partial charge in [0, 0.05) is 0 Å². The highest BCUT2D eigenvalue weighted by atomic mass is 15.0. The zero-order chi connectivity index (χ0) is 6.74. The fourth-order valence-electron chi connectivity index (χ4n) is 0.817. The topological polar surface area (TPSA) is 35.8 Å². The standard InChI is InChI=1S/C7H12N2/c1-2-5-9-7(6-8)3-4-7/h9H,2-5H2,1H3.